The molecular weight excluding hydrogens is 318 g/mol. The summed E-state index contributed by atoms with van der Waals surface area (Å²) in [6, 6.07) is 10.2. The van der Waals surface area contributed by atoms with Gasteiger partial charge in [-0.3, -0.25) is 0 Å². The fourth-order valence-corrected chi connectivity index (χ4v) is 2.75. The first-order valence-corrected chi connectivity index (χ1v) is 7.64. The number of ether oxygens (including phenoxy) is 1. The van der Waals surface area contributed by atoms with E-state index in [0.29, 0.717) is 0 Å². The summed E-state index contributed by atoms with van der Waals surface area (Å²) >= 11 is 3.53. The summed E-state index contributed by atoms with van der Waals surface area (Å²) < 4.78 is 12.1. The van der Waals surface area contributed by atoms with Gasteiger partial charge in [0.15, 0.2) is 0 Å². The minimum Gasteiger partial charge on any atom is -0.496 e. The molecule has 4 heteroatoms. The maximum Gasteiger partial charge on any atom is 0.133 e. The van der Waals surface area contributed by atoms with Crippen molar-refractivity contribution in [3.8, 4) is 5.75 Å². The van der Waals surface area contributed by atoms with Gasteiger partial charge in [-0.05, 0) is 52.3 Å². The molecule has 0 aliphatic rings. The molecule has 1 aromatic carbocycles. The van der Waals surface area contributed by atoms with Gasteiger partial charge in [0.2, 0.25) is 0 Å². The molecule has 0 amide bonds. The van der Waals surface area contributed by atoms with Crippen LogP contribution < -0.4 is 10.1 Å². The van der Waals surface area contributed by atoms with Crippen LogP contribution in [0.25, 0.3) is 0 Å². The molecule has 108 valence electrons. The van der Waals surface area contributed by atoms with E-state index in [1.165, 1.54) is 0 Å². The van der Waals surface area contributed by atoms with Crippen LogP contribution >= 0.6 is 15.9 Å². The van der Waals surface area contributed by atoms with Crippen molar-refractivity contribution in [2.24, 2.45) is 0 Å². The lowest BCUT2D eigenvalue weighted by Crippen LogP contribution is -2.21. The third-order valence-electron chi connectivity index (χ3n) is 3.23. The van der Waals surface area contributed by atoms with Crippen LogP contribution in [-0.2, 0) is 6.42 Å². The van der Waals surface area contributed by atoms with E-state index in [9.17, 15) is 0 Å². The molecule has 1 atom stereocenters. The van der Waals surface area contributed by atoms with Gasteiger partial charge in [0.25, 0.3) is 0 Å². The monoisotopic (exact) mass is 337 g/mol. The number of hydrogen-bond donors (Lipinski definition) is 1. The van der Waals surface area contributed by atoms with Gasteiger partial charge in [-0.15, -0.1) is 0 Å². The second kappa shape index (κ2) is 6.95. The summed E-state index contributed by atoms with van der Waals surface area (Å²) in [5.74, 6) is 2.79. The Hall–Kier alpha value is -1.26. The van der Waals surface area contributed by atoms with E-state index in [0.717, 1.165) is 40.3 Å². The van der Waals surface area contributed by atoms with Crippen molar-refractivity contribution < 1.29 is 9.15 Å². The first kappa shape index (κ1) is 15.1. The van der Waals surface area contributed by atoms with Crippen LogP contribution in [0.15, 0.2) is 39.2 Å². The van der Waals surface area contributed by atoms with Crippen LogP contribution in [0.4, 0.5) is 0 Å². The number of aryl methyl sites for hydroxylation is 1. The lowest BCUT2D eigenvalue weighted by molar-refractivity contribution is 0.410. The highest BCUT2D eigenvalue weighted by molar-refractivity contribution is 9.10. The molecule has 3 nitrogen and oxygen atoms in total. The minimum atomic E-state index is 0.0579. The third kappa shape index (κ3) is 3.25. The quantitative estimate of drug-likeness (QED) is 0.852. The Morgan fingerprint density at radius 2 is 2.05 bits per heavy atom. The van der Waals surface area contributed by atoms with Crippen LogP contribution in [-0.4, -0.2) is 13.7 Å². The summed E-state index contributed by atoms with van der Waals surface area (Å²) in [5, 5.41) is 3.46. The van der Waals surface area contributed by atoms with Gasteiger partial charge < -0.3 is 14.5 Å². The van der Waals surface area contributed by atoms with Gasteiger partial charge in [-0.2, -0.15) is 0 Å². The number of methoxy groups -OCH3 is 1. The summed E-state index contributed by atoms with van der Waals surface area (Å²) in [6.07, 6.45) is 0.908. The zero-order chi connectivity index (χ0) is 14.5. The number of rotatable bonds is 6. The molecule has 1 aromatic heterocycles. The molecule has 1 heterocycles. The molecule has 0 fully saturated rings. The zero-order valence-electron chi connectivity index (χ0n) is 12.1. The first-order chi connectivity index (χ1) is 9.69. The summed E-state index contributed by atoms with van der Waals surface area (Å²) in [4.78, 5) is 0. The van der Waals surface area contributed by atoms with E-state index in [-0.39, 0.29) is 6.04 Å². The lowest BCUT2D eigenvalue weighted by atomic mass is 10.0. The number of furan rings is 1. The minimum absolute atomic E-state index is 0.0579. The van der Waals surface area contributed by atoms with Crippen molar-refractivity contribution in [1.82, 2.24) is 5.32 Å². The Morgan fingerprint density at radius 1 is 1.25 bits per heavy atom. The smallest absolute Gasteiger partial charge is 0.133 e. The first-order valence-electron chi connectivity index (χ1n) is 6.85. The van der Waals surface area contributed by atoms with E-state index in [1.807, 2.05) is 18.2 Å². The van der Waals surface area contributed by atoms with E-state index < -0.39 is 0 Å². The lowest BCUT2D eigenvalue weighted by Gasteiger charge is -2.17. The van der Waals surface area contributed by atoms with Gasteiger partial charge in [0, 0.05) is 6.42 Å². The molecule has 1 unspecified atom stereocenters. The Balaban J connectivity index is 2.34. The Morgan fingerprint density at radius 3 is 2.60 bits per heavy atom. The van der Waals surface area contributed by atoms with E-state index in [4.69, 9.17) is 9.15 Å². The topological polar surface area (TPSA) is 34.4 Å². The second-order valence-corrected chi connectivity index (χ2v) is 5.40. The molecule has 0 saturated carbocycles. The Kier molecular flexibility index (Phi) is 5.26. The third-order valence-corrected chi connectivity index (χ3v) is 3.85. The van der Waals surface area contributed by atoms with Gasteiger partial charge >= 0.3 is 0 Å². The molecule has 0 bridgehead atoms. The van der Waals surface area contributed by atoms with Gasteiger partial charge in [-0.25, -0.2) is 0 Å². The molecule has 20 heavy (non-hydrogen) atoms. The van der Waals surface area contributed by atoms with Crippen LogP contribution in [0, 0.1) is 0 Å². The van der Waals surface area contributed by atoms with Crippen LogP contribution in [0.3, 0.4) is 0 Å². The van der Waals surface area contributed by atoms with Gasteiger partial charge in [0.1, 0.15) is 17.3 Å². The van der Waals surface area contributed by atoms with Crippen molar-refractivity contribution in [2.45, 2.75) is 26.3 Å². The number of hydrogen-bond acceptors (Lipinski definition) is 3. The molecule has 0 radical (unpaired) electrons. The van der Waals surface area contributed by atoms with E-state index in [1.54, 1.807) is 7.11 Å². The maximum atomic E-state index is 5.89. The van der Waals surface area contributed by atoms with E-state index in [2.05, 4.69) is 47.2 Å². The Labute approximate surface area is 128 Å². The standard InChI is InChI=1S/C16H20BrNO2/c1-4-12-7-9-15(20-12)16(18-5-2)11-6-8-14(19-3)13(17)10-11/h6-10,16,18H,4-5H2,1-3H3. The summed E-state index contributed by atoms with van der Waals surface area (Å²) in [6.45, 7) is 5.06. The zero-order valence-corrected chi connectivity index (χ0v) is 13.7. The molecule has 2 aromatic rings. The van der Waals surface area contributed by atoms with Gasteiger partial charge in [0.05, 0.1) is 17.6 Å². The maximum absolute atomic E-state index is 5.89. The largest absolute Gasteiger partial charge is 0.496 e. The molecule has 0 aliphatic heterocycles. The molecule has 0 spiro atoms. The predicted molar refractivity (Wildman–Crippen MR) is 84.3 cm³/mol. The predicted octanol–water partition coefficient (Wildman–Crippen LogP) is 4.31. The van der Waals surface area contributed by atoms with Crippen molar-refractivity contribution in [3.05, 3.63) is 51.9 Å². The fraction of sp³-hybridized carbons (Fsp3) is 0.375. The number of benzene rings is 1. The molecule has 2 rings (SSSR count). The highest BCUT2D eigenvalue weighted by Crippen LogP contribution is 2.31. The average molecular weight is 338 g/mol. The van der Waals surface area contributed by atoms with Crippen molar-refractivity contribution in [3.63, 3.8) is 0 Å². The summed E-state index contributed by atoms with van der Waals surface area (Å²) in [7, 11) is 1.67. The van der Waals surface area contributed by atoms with Crippen molar-refractivity contribution in [2.75, 3.05) is 13.7 Å². The van der Waals surface area contributed by atoms with Gasteiger partial charge in [-0.1, -0.05) is 19.9 Å². The molecule has 0 saturated heterocycles. The normalized spacial score (nSPS) is 12.4. The van der Waals surface area contributed by atoms with E-state index >= 15 is 0 Å². The number of halogens is 1. The molecule has 0 aliphatic carbocycles. The average Bonchev–Trinajstić information content (AvgIpc) is 2.93. The van der Waals surface area contributed by atoms with Crippen LogP contribution in [0.5, 0.6) is 5.75 Å². The highest BCUT2D eigenvalue weighted by Gasteiger charge is 2.18. The van der Waals surface area contributed by atoms with Crippen LogP contribution in [0.1, 0.15) is 37.0 Å². The SMILES string of the molecule is CCNC(c1ccc(OC)c(Br)c1)c1ccc(CC)o1. The second-order valence-electron chi connectivity index (χ2n) is 4.54. The fourth-order valence-electron chi connectivity index (χ4n) is 2.19. The van der Waals surface area contributed by atoms with Crippen molar-refractivity contribution in [1.29, 1.82) is 0 Å². The number of nitrogens with one attached hydrogen (secondary N) is 1. The molecular formula is C16H20BrNO2. The highest BCUT2D eigenvalue weighted by atomic mass is 79.9. The van der Waals surface area contributed by atoms with Crippen molar-refractivity contribution >= 4 is 15.9 Å². The summed E-state index contributed by atoms with van der Waals surface area (Å²) in [5.41, 5.74) is 1.15. The Bertz CT molecular complexity index is 565. The van der Waals surface area contributed by atoms with Crippen LogP contribution in [0.2, 0.25) is 0 Å². The molecule has 1 N–H and O–H groups in total.